The summed E-state index contributed by atoms with van der Waals surface area (Å²) in [6.07, 6.45) is 2.44. The summed E-state index contributed by atoms with van der Waals surface area (Å²) in [5, 5.41) is 0. The first-order valence-electron chi connectivity index (χ1n) is 9.88. The minimum Gasteiger partial charge on any atom is -0.467 e. The van der Waals surface area contributed by atoms with Gasteiger partial charge in [-0.15, -0.1) is 0 Å². The molecule has 2 amide bonds. The highest BCUT2D eigenvalue weighted by Crippen LogP contribution is 2.20. The lowest BCUT2D eigenvalue weighted by molar-refractivity contribution is -0.146. The molecule has 0 heterocycles. The fourth-order valence-electron chi connectivity index (χ4n) is 2.48. The number of rotatable bonds is 6. The molecule has 1 aromatic carbocycles. The van der Waals surface area contributed by atoms with Crippen molar-refractivity contribution in [3.05, 3.63) is 42.0 Å². The van der Waals surface area contributed by atoms with E-state index in [2.05, 4.69) is 0 Å². The van der Waals surface area contributed by atoms with Crippen molar-refractivity contribution in [3.8, 4) is 0 Å². The van der Waals surface area contributed by atoms with Crippen LogP contribution in [0.3, 0.4) is 0 Å². The number of ether oxygens (including phenoxy) is 3. The number of imide groups is 1. The summed E-state index contributed by atoms with van der Waals surface area (Å²) in [5.74, 6) is -0.722. The lowest BCUT2D eigenvalue weighted by atomic mass is 10.1. The predicted octanol–water partition coefficient (Wildman–Crippen LogP) is 5.19. The average molecular weight is 420 g/mol. The minimum absolute atomic E-state index is 0.161. The number of carbonyl (C=O) groups is 3. The van der Waals surface area contributed by atoms with E-state index in [1.807, 2.05) is 42.5 Å². The topological polar surface area (TPSA) is 82.1 Å². The van der Waals surface area contributed by atoms with E-state index in [-0.39, 0.29) is 6.42 Å². The summed E-state index contributed by atoms with van der Waals surface area (Å²) in [6, 6.07) is 8.47. The van der Waals surface area contributed by atoms with Gasteiger partial charge in [0.1, 0.15) is 17.2 Å². The van der Waals surface area contributed by atoms with Crippen molar-refractivity contribution < 1.29 is 28.6 Å². The van der Waals surface area contributed by atoms with Gasteiger partial charge in [0, 0.05) is 0 Å². The predicted molar refractivity (Wildman–Crippen MR) is 115 cm³/mol. The molecule has 0 bridgehead atoms. The maximum Gasteiger partial charge on any atom is 0.420 e. The van der Waals surface area contributed by atoms with E-state index in [9.17, 15) is 14.4 Å². The Hall–Kier alpha value is -2.83. The van der Waals surface area contributed by atoms with E-state index in [1.165, 1.54) is 7.11 Å². The molecule has 0 aromatic heterocycles. The van der Waals surface area contributed by atoms with Gasteiger partial charge in [0.2, 0.25) is 0 Å². The third-order valence-electron chi connectivity index (χ3n) is 3.68. The second-order valence-electron chi connectivity index (χ2n) is 8.76. The quantitative estimate of drug-likeness (QED) is 0.466. The number of esters is 1. The van der Waals surface area contributed by atoms with Crippen LogP contribution in [0.1, 0.15) is 59.9 Å². The monoisotopic (exact) mass is 419 g/mol. The molecule has 7 nitrogen and oxygen atoms in total. The van der Waals surface area contributed by atoms with Gasteiger partial charge in [-0.2, -0.15) is 4.90 Å². The van der Waals surface area contributed by atoms with E-state index >= 15 is 0 Å². The summed E-state index contributed by atoms with van der Waals surface area (Å²) in [5.41, 5.74) is -0.709. The van der Waals surface area contributed by atoms with Gasteiger partial charge in [0.25, 0.3) is 0 Å². The molecule has 7 heteroatoms. The van der Waals surface area contributed by atoms with Crippen LogP contribution in [0.15, 0.2) is 36.4 Å². The Morgan fingerprint density at radius 3 is 1.87 bits per heavy atom. The molecular weight excluding hydrogens is 386 g/mol. The highest BCUT2D eigenvalue weighted by Gasteiger charge is 2.40. The Labute approximate surface area is 179 Å². The van der Waals surface area contributed by atoms with Crippen LogP contribution in [0.2, 0.25) is 0 Å². The summed E-state index contributed by atoms with van der Waals surface area (Å²) in [4.78, 5) is 38.7. The Morgan fingerprint density at radius 2 is 1.43 bits per heavy atom. The molecule has 0 aliphatic heterocycles. The van der Waals surface area contributed by atoms with Gasteiger partial charge in [-0.05, 0) is 59.9 Å². The molecule has 0 N–H and O–H groups in total. The molecule has 0 unspecified atom stereocenters. The molecule has 0 radical (unpaired) electrons. The molecule has 0 fully saturated rings. The SMILES string of the molecule is COC(=O)[C@H](CC/C=C/c1ccccc1)N(C(=O)OC(C)(C)C)C(=O)OC(C)(C)C. The molecular formula is C23H33NO6. The van der Waals surface area contributed by atoms with Gasteiger partial charge in [0.15, 0.2) is 0 Å². The van der Waals surface area contributed by atoms with Crippen molar-refractivity contribution in [1.82, 2.24) is 4.90 Å². The van der Waals surface area contributed by atoms with E-state index in [4.69, 9.17) is 14.2 Å². The fourth-order valence-corrected chi connectivity index (χ4v) is 2.48. The standard InChI is InChI=1S/C23H33NO6/c1-22(2,3)29-20(26)24(21(27)30-23(4,5)6)18(19(25)28-7)16-12-11-15-17-13-9-8-10-14-17/h8-11,13-15,18H,12,16H2,1-7H3/b15-11+/t18-/m0/s1. The zero-order valence-corrected chi connectivity index (χ0v) is 18.9. The first-order chi connectivity index (χ1) is 13.8. The third kappa shape index (κ3) is 9.11. The van der Waals surface area contributed by atoms with Crippen molar-refractivity contribution in [2.75, 3.05) is 7.11 Å². The zero-order chi connectivity index (χ0) is 22.9. The Balaban J connectivity index is 3.09. The highest BCUT2D eigenvalue weighted by atomic mass is 16.6. The third-order valence-corrected chi connectivity index (χ3v) is 3.68. The van der Waals surface area contributed by atoms with Crippen LogP contribution in [-0.4, -0.2) is 47.4 Å². The van der Waals surface area contributed by atoms with Crippen LogP contribution < -0.4 is 0 Å². The number of methoxy groups -OCH3 is 1. The normalized spacial score (nSPS) is 12.9. The van der Waals surface area contributed by atoms with Gasteiger partial charge in [-0.3, -0.25) is 0 Å². The molecule has 0 saturated carbocycles. The molecule has 0 aliphatic rings. The summed E-state index contributed by atoms with van der Waals surface area (Å²) in [7, 11) is 1.21. The van der Waals surface area contributed by atoms with Gasteiger partial charge in [-0.25, -0.2) is 14.4 Å². The number of amides is 2. The number of carbonyl (C=O) groups excluding carboxylic acids is 3. The maximum absolute atomic E-state index is 12.8. The highest BCUT2D eigenvalue weighted by molar-refractivity contribution is 5.94. The van der Waals surface area contributed by atoms with E-state index in [0.29, 0.717) is 11.3 Å². The second-order valence-corrected chi connectivity index (χ2v) is 8.76. The lowest BCUT2D eigenvalue weighted by Gasteiger charge is -2.32. The van der Waals surface area contributed by atoms with Crippen molar-refractivity contribution >= 4 is 24.2 Å². The number of nitrogens with zero attached hydrogens (tertiary/aromatic N) is 1. The van der Waals surface area contributed by atoms with E-state index in [0.717, 1.165) is 5.56 Å². The zero-order valence-electron chi connectivity index (χ0n) is 18.9. The Kier molecular flexibility index (Phi) is 9.08. The molecule has 0 spiro atoms. The molecule has 166 valence electrons. The number of allylic oxidation sites excluding steroid dienone is 1. The Bertz CT molecular complexity index is 715. The van der Waals surface area contributed by atoms with Crippen molar-refractivity contribution in [3.63, 3.8) is 0 Å². The lowest BCUT2D eigenvalue weighted by Crippen LogP contribution is -2.52. The van der Waals surface area contributed by atoms with Gasteiger partial charge in [-0.1, -0.05) is 42.5 Å². The van der Waals surface area contributed by atoms with Gasteiger partial charge < -0.3 is 14.2 Å². The smallest absolute Gasteiger partial charge is 0.420 e. The van der Waals surface area contributed by atoms with Crippen molar-refractivity contribution in [2.45, 2.75) is 71.6 Å². The van der Waals surface area contributed by atoms with Gasteiger partial charge >= 0.3 is 18.2 Å². The van der Waals surface area contributed by atoms with Crippen LogP contribution in [0, 0.1) is 0 Å². The number of hydrogen-bond acceptors (Lipinski definition) is 6. The van der Waals surface area contributed by atoms with Crippen molar-refractivity contribution in [1.29, 1.82) is 0 Å². The minimum atomic E-state index is -1.18. The largest absolute Gasteiger partial charge is 0.467 e. The molecule has 0 saturated heterocycles. The Morgan fingerprint density at radius 1 is 0.933 bits per heavy atom. The molecule has 1 aromatic rings. The number of benzene rings is 1. The average Bonchev–Trinajstić information content (AvgIpc) is 2.61. The molecule has 30 heavy (non-hydrogen) atoms. The molecule has 1 rings (SSSR count). The van der Waals surface area contributed by atoms with E-state index < -0.39 is 35.4 Å². The number of hydrogen-bond donors (Lipinski definition) is 0. The first-order valence-corrected chi connectivity index (χ1v) is 9.88. The fraction of sp³-hybridized carbons (Fsp3) is 0.522. The van der Waals surface area contributed by atoms with Crippen LogP contribution in [-0.2, 0) is 19.0 Å². The maximum atomic E-state index is 12.8. The summed E-state index contributed by atoms with van der Waals surface area (Å²) < 4.78 is 15.5. The summed E-state index contributed by atoms with van der Waals surface area (Å²) >= 11 is 0. The van der Waals surface area contributed by atoms with Crippen LogP contribution >= 0.6 is 0 Å². The summed E-state index contributed by atoms with van der Waals surface area (Å²) in [6.45, 7) is 10.0. The van der Waals surface area contributed by atoms with Gasteiger partial charge in [0.05, 0.1) is 7.11 Å². The van der Waals surface area contributed by atoms with Crippen LogP contribution in [0.5, 0.6) is 0 Å². The van der Waals surface area contributed by atoms with Crippen molar-refractivity contribution in [2.24, 2.45) is 0 Å². The molecule has 1 atom stereocenters. The van der Waals surface area contributed by atoms with E-state index in [1.54, 1.807) is 41.5 Å². The van der Waals surface area contributed by atoms with Crippen LogP contribution in [0.4, 0.5) is 9.59 Å². The second kappa shape index (κ2) is 10.8. The molecule has 0 aliphatic carbocycles. The first kappa shape index (κ1) is 25.2. The van der Waals surface area contributed by atoms with Crippen LogP contribution in [0.25, 0.3) is 6.08 Å².